The lowest BCUT2D eigenvalue weighted by molar-refractivity contribution is 0.577. The number of hydrogen-bond acceptors (Lipinski definition) is 3. The lowest BCUT2D eigenvalue weighted by Gasteiger charge is -2.03. The monoisotopic (exact) mass is 238 g/mol. The molecule has 1 heterocycles. The number of benzene rings is 1. The molecule has 0 fully saturated rings. The number of anilines is 1. The van der Waals surface area contributed by atoms with E-state index in [0.29, 0.717) is 10.7 Å². The van der Waals surface area contributed by atoms with Crippen LogP contribution in [-0.2, 0) is 0 Å². The normalized spacial score (nSPS) is 10.4. The summed E-state index contributed by atoms with van der Waals surface area (Å²) in [6, 6.07) is 6.53. The number of hydrogen-bond donors (Lipinski definition) is 1. The highest BCUT2D eigenvalue weighted by molar-refractivity contribution is 7.99. The topological polar surface area (TPSA) is 38.9 Å². The number of rotatable bonds is 2. The van der Waals surface area contributed by atoms with Crippen LogP contribution < -0.4 is 5.73 Å². The Morgan fingerprint density at radius 1 is 1.12 bits per heavy atom. The molecule has 0 amide bonds. The summed E-state index contributed by atoms with van der Waals surface area (Å²) in [4.78, 5) is 4.19. The van der Waals surface area contributed by atoms with Gasteiger partial charge in [0.05, 0.1) is 4.90 Å². The van der Waals surface area contributed by atoms with Gasteiger partial charge < -0.3 is 5.73 Å². The van der Waals surface area contributed by atoms with E-state index in [9.17, 15) is 8.78 Å². The largest absolute Gasteiger partial charge is 0.399 e. The zero-order valence-corrected chi connectivity index (χ0v) is 8.97. The second-order valence-electron chi connectivity index (χ2n) is 3.10. The molecule has 2 aromatic rings. The van der Waals surface area contributed by atoms with Crippen LogP contribution in [0.25, 0.3) is 0 Å². The molecule has 2 nitrogen and oxygen atoms in total. The first kappa shape index (κ1) is 10.9. The molecule has 0 aliphatic heterocycles. The highest BCUT2D eigenvalue weighted by atomic mass is 32.2. The first-order valence-electron chi connectivity index (χ1n) is 4.49. The number of halogens is 2. The number of nitrogen functional groups attached to an aromatic ring is 1. The molecule has 2 N–H and O–H groups in total. The fraction of sp³-hybridized carbons (Fsp3) is 0. The second-order valence-corrected chi connectivity index (χ2v) is 4.17. The summed E-state index contributed by atoms with van der Waals surface area (Å²) in [5, 5.41) is 0.532. The molecular weight excluding hydrogens is 230 g/mol. The Hall–Kier alpha value is -1.62. The highest BCUT2D eigenvalue weighted by Crippen LogP contribution is 2.29. The molecule has 1 aromatic heterocycles. The predicted molar refractivity (Wildman–Crippen MR) is 59.1 cm³/mol. The van der Waals surface area contributed by atoms with Gasteiger partial charge in [0, 0.05) is 11.9 Å². The minimum absolute atomic E-state index is 0.193. The molecule has 0 bridgehead atoms. The number of nitrogens with two attached hydrogens (primary N) is 1. The van der Waals surface area contributed by atoms with Crippen molar-refractivity contribution in [3.05, 3.63) is 48.2 Å². The molecule has 0 spiro atoms. The summed E-state index contributed by atoms with van der Waals surface area (Å²) in [5.74, 6) is -0.955. The Morgan fingerprint density at radius 3 is 2.69 bits per heavy atom. The van der Waals surface area contributed by atoms with E-state index < -0.39 is 11.6 Å². The van der Waals surface area contributed by atoms with Gasteiger partial charge in [-0.1, -0.05) is 11.8 Å². The van der Waals surface area contributed by atoms with E-state index in [1.807, 2.05) is 0 Å². The van der Waals surface area contributed by atoms with Crippen LogP contribution >= 0.6 is 11.8 Å². The molecular formula is C11H8F2N2S. The average Bonchev–Trinajstić information content (AvgIpc) is 2.24. The van der Waals surface area contributed by atoms with E-state index >= 15 is 0 Å². The van der Waals surface area contributed by atoms with Crippen LogP contribution in [0.15, 0.2) is 46.5 Å². The molecule has 0 aliphatic rings. The quantitative estimate of drug-likeness (QED) is 0.873. The van der Waals surface area contributed by atoms with Crippen molar-refractivity contribution in [1.29, 1.82) is 0 Å². The molecule has 0 radical (unpaired) electrons. The zero-order valence-electron chi connectivity index (χ0n) is 8.15. The van der Waals surface area contributed by atoms with Gasteiger partial charge in [-0.3, -0.25) is 0 Å². The third kappa shape index (κ3) is 2.49. The fourth-order valence-electron chi connectivity index (χ4n) is 1.15. The Kier molecular flexibility index (Phi) is 3.05. The van der Waals surface area contributed by atoms with Crippen molar-refractivity contribution in [2.75, 3.05) is 5.73 Å². The second kappa shape index (κ2) is 4.49. The first-order chi connectivity index (χ1) is 7.65. The predicted octanol–water partition coefficient (Wildman–Crippen LogP) is 3.09. The van der Waals surface area contributed by atoms with Gasteiger partial charge in [0.2, 0.25) is 0 Å². The molecule has 2 rings (SSSR count). The summed E-state index contributed by atoms with van der Waals surface area (Å²) >= 11 is 1.04. The van der Waals surface area contributed by atoms with E-state index in [0.717, 1.165) is 30.0 Å². The molecule has 0 saturated heterocycles. The van der Waals surface area contributed by atoms with Crippen molar-refractivity contribution in [2.45, 2.75) is 9.92 Å². The van der Waals surface area contributed by atoms with Crippen molar-refractivity contribution in [2.24, 2.45) is 0 Å². The van der Waals surface area contributed by atoms with Crippen LogP contribution in [0.2, 0.25) is 0 Å². The summed E-state index contributed by atoms with van der Waals surface area (Å²) in [6.45, 7) is 0. The summed E-state index contributed by atoms with van der Waals surface area (Å²) < 4.78 is 26.2. The minimum Gasteiger partial charge on any atom is -0.399 e. The molecule has 5 heteroatoms. The van der Waals surface area contributed by atoms with Crippen LogP contribution in [0.5, 0.6) is 0 Å². The van der Waals surface area contributed by atoms with Gasteiger partial charge >= 0.3 is 0 Å². The van der Waals surface area contributed by atoms with Gasteiger partial charge in [-0.25, -0.2) is 13.8 Å². The van der Waals surface area contributed by atoms with E-state index in [2.05, 4.69) is 4.98 Å². The Balaban J connectivity index is 2.30. The minimum atomic E-state index is -0.479. The van der Waals surface area contributed by atoms with Gasteiger partial charge in [0.1, 0.15) is 16.7 Å². The average molecular weight is 238 g/mol. The van der Waals surface area contributed by atoms with Crippen LogP contribution in [0.1, 0.15) is 0 Å². The third-order valence-electron chi connectivity index (χ3n) is 1.87. The molecule has 16 heavy (non-hydrogen) atoms. The smallest absolute Gasteiger partial charge is 0.137 e. The molecule has 82 valence electrons. The van der Waals surface area contributed by atoms with E-state index in [-0.39, 0.29) is 4.90 Å². The van der Waals surface area contributed by atoms with Crippen molar-refractivity contribution in [3.63, 3.8) is 0 Å². The summed E-state index contributed by atoms with van der Waals surface area (Å²) in [6.07, 6.45) is 1.52. The van der Waals surface area contributed by atoms with Crippen molar-refractivity contribution in [3.8, 4) is 0 Å². The van der Waals surface area contributed by atoms with Gasteiger partial charge in [-0.15, -0.1) is 0 Å². The van der Waals surface area contributed by atoms with Crippen LogP contribution in [-0.4, -0.2) is 4.98 Å². The van der Waals surface area contributed by atoms with Gasteiger partial charge in [0.15, 0.2) is 0 Å². The number of pyridine rings is 1. The maximum absolute atomic E-state index is 13.3. The SMILES string of the molecule is Nc1ccnc(Sc2cc(F)ccc2F)c1. The molecule has 1 aromatic carbocycles. The lowest BCUT2D eigenvalue weighted by Crippen LogP contribution is -1.88. The highest BCUT2D eigenvalue weighted by Gasteiger charge is 2.06. The van der Waals surface area contributed by atoms with Crippen molar-refractivity contribution >= 4 is 17.4 Å². The lowest BCUT2D eigenvalue weighted by atomic mass is 10.3. The Bertz CT molecular complexity index is 517. The Labute approximate surface area is 95.5 Å². The molecule has 0 unspecified atom stereocenters. The van der Waals surface area contributed by atoms with Crippen LogP contribution in [0.3, 0.4) is 0 Å². The zero-order chi connectivity index (χ0) is 11.5. The van der Waals surface area contributed by atoms with Gasteiger partial charge in [-0.05, 0) is 30.3 Å². The van der Waals surface area contributed by atoms with E-state index in [4.69, 9.17) is 5.73 Å². The van der Waals surface area contributed by atoms with Crippen LogP contribution in [0.4, 0.5) is 14.5 Å². The van der Waals surface area contributed by atoms with Crippen molar-refractivity contribution < 1.29 is 8.78 Å². The molecule has 0 atom stereocenters. The standard InChI is InChI=1S/C11H8F2N2S/c12-7-1-2-9(13)10(5-7)16-11-6-8(14)3-4-15-11/h1-6H,(H2,14,15). The summed E-state index contributed by atoms with van der Waals surface area (Å²) in [7, 11) is 0. The summed E-state index contributed by atoms with van der Waals surface area (Å²) in [5.41, 5.74) is 6.10. The van der Waals surface area contributed by atoms with E-state index in [1.165, 1.54) is 6.20 Å². The maximum Gasteiger partial charge on any atom is 0.137 e. The van der Waals surface area contributed by atoms with Crippen molar-refractivity contribution in [1.82, 2.24) is 4.98 Å². The molecule has 0 saturated carbocycles. The fourth-order valence-corrected chi connectivity index (χ4v) is 2.02. The van der Waals surface area contributed by atoms with Gasteiger partial charge in [0.25, 0.3) is 0 Å². The van der Waals surface area contributed by atoms with Gasteiger partial charge in [-0.2, -0.15) is 0 Å². The number of aromatic nitrogens is 1. The van der Waals surface area contributed by atoms with E-state index in [1.54, 1.807) is 12.1 Å². The maximum atomic E-state index is 13.3. The Morgan fingerprint density at radius 2 is 1.94 bits per heavy atom. The third-order valence-corrected chi connectivity index (χ3v) is 2.83. The van der Waals surface area contributed by atoms with Crippen LogP contribution in [0, 0.1) is 11.6 Å². The molecule has 0 aliphatic carbocycles. The number of nitrogens with zero attached hydrogens (tertiary/aromatic N) is 1. The first-order valence-corrected chi connectivity index (χ1v) is 5.31.